The Hall–Kier alpha value is -0.870. The molecule has 0 saturated carbocycles. The van der Waals surface area contributed by atoms with E-state index in [2.05, 4.69) is 27.6 Å². The van der Waals surface area contributed by atoms with Gasteiger partial charge >= 0.3 is 0 Å². The second kappa shape index (κ2) is 4.77. The predicted octanol–water partition coefficient (Wildman–Crippen LogP) is 0.826. The van der Waals surface area contributed by atoms with Crippen molar-refractivity contribution >= 4 is 0 Å². The number of hydrogen-bond donors (Lipinski definition) is 1. The van der Waals surface area contributed by atoms with Gasteiger partial charge in [-0.2, -0.15) is 0 Å². The summed E-state index contributed by atoms with van der Waals surface area (Å²) in [5, 5.41) is 0. The van der Waals surface area contributed by atoms with Gasteiger partial charge in [0, 0.05) is 31.5 Å². The van der Waals surface area contributed by atoms with Crippen LogP contribution in [0.15, 0.2) is 12.4 Å². The quantitative estimate of drug-likeness (QED) is 0.797. The van der Waals surface area contributed by atoms with Gasteiger partial charge in [-0.3, -0.25) is 4.90 Å². The van der Waals surface area contributed by atoms with Gasteiger partial charge < -0.3 is 10.3 Å². The summed E-state index contributed by atoms with van der Waals surface area (Å²) >= 11 is 0. The highest BCUT2D eigenvalue weighted by Gasteiger charge is 2.20. The Morgan fingerprint density at radius 2 is 2.40 bits per heavy atom. The van der Waals surface area contributed by atoms with E-state index in [4.69, 9.17) is 5.73 Å². The van der Waals surface area contributed by atoms with Crippen LogP contribution in [0, 0.1) is 0 Å². The zero-order chi connectivity index (χ0) is 10.7. The molecule has 2 heterocycles. The van der Waals surface area contributed by atoms with E-state index in [-0.39, 0.29) is 0 Å². The Bertz CT molecular complexity index is 307. The Balaban J connectivity index is 1.91. The number of imidazole rings is 1. The number of fused-ring (bicyclic) bond motifs is 1. The average molecular weight is 208 g/mol. The first-order valence-electron chi connectivity index (χ1n) is 5.75. The molecule has 1 aromatic heterocycles. The van der Waals surface area contributed by atoms with Gasteiger partial charge in [-0.15, -0.1) is 0 Å². The van der Waals surface area contributed by atoms with Crippen LogP contribution in [0.3, 0.4) is 0 Å². The van der Waals surface area contributed by atoms with Crippen LogP contribution in [-0.2, 0) is 13.1 Å². The molecule has 2 N–H and O–H groups in total. The van der Waals surface area contributed by atoms with Crippen molar-refractivity contribution in [3.05, 3.63) is 18.2 Å². The highest BCUT2D eigenvalue weighted by atomic mass is 15.2. The highest BCUT2D eigenvalue weighted by Crippen LogP contribution is 2.15. The summed E-state index contributed by atoms with van der Waals surface area (Å²) in [6.45, 7) is 6.28. The molecule has 0 spiro atoms. The van der Waals surface area contributed by atoms with Crippen LogP contribution in [0.4, 0.5) is 0 Å². The third kappa shape index (κ3) is 2.38. The summed E-state index contributed by atoms with van der Waals surface area (Å²) in [4.78, 5) is 6.86. The van der Waals surface area contributed by atoms with E-state index >= 15 is 0 Å². The van der Waals surface area contributed by atoms with Crippen LogP contribution in [0.2, 0.25) is 0 Å². The highest BCUT2D eigenvalue weighted by molar-refractivity contribution is 4.96. The van der Waals surface area contributed by atoms with E-state index in [9.17, 15) is 0 Å². The minimum absolute atomic E-state index is 0.624. The van der Waals surface area contributed by atoms with Crippen LogP contribution >= 0.6 is 0 Å². The van der Waals surface area contributed by atoms with Crippen LogP contribution < -0.4 is 5.73 Å². The largest absolute Gasteiger partial charge is 0.333 e. The maximum Gasteiger partial charge on any atom is 0.122 e. The molecule has 84 valence electrons. The van der Waals surface area contributed by atoms with Crippen molar-refractivity contribution < 1.29 is 0 Å². The third-order valence-electron chi connectivity index (χ3n) is 3.22. The van der Waals surface area contributed by atoms with Crippen LogP contribution in [-0.4, -0.2) is 33.6 Å². The average Bonchev–Trinajstić information content (AvgIpc) is 2.72. The van der Waals surface area contributed by atoms with Gasteiger partial charge in [-0.25, -0.2) is 4.98 Å². The molecule has 1 aliphatic heterocycles. The first-order chi connectivity index (χ1) is 7.31. The van der Waals surface area contributed by atoms with Crippen molar-refractivity contribution in [2.75, 3.05) is 13.1 Å². The Labute approximate surface area is 91.1 Å². The molecule has 0 fully saturated rings. The molecule has 0 aliphatic carbocycles. The van der Waals surface area contributed by atoms with E-state index in [1.165, 1.54) is 12.2 Å². The van der Waals surface area contributed by atoms with Gasteiger partial charge in [0.1, 0.15) is 5.82 Å². The normalized spacial score (nSPS) is 18.8. The lowest BCUT2D eigenvalue weighted by atomic mass is 10.1. The van der Waals surface area contributed by atoms with Gasteiger partial charge in [0.15, 0.2) is 0 Å². The molecule has 0 amide bonds. The second-order valence-corrected chi connectivity index (χ2v) is 4.29. The second-order valence-electron chi connectivity index (χ2n) is 4.29. The van der Waals surface area contributed by atoms with Crippen molar-refractivity contribution in [3.63, 3.8) is 0 Å². The summed E-state index contributed by atoms with van der Waals surface area (Å²) in [6.07, 6.45) is 6.27. The topological polar surface area (TPSA) is 47.1 Å². The fourth-order valence-electron chi connectivity index (χ4n) is 2.16. The number of hydrogen-bond acceptors (Lipinski definition) is 3. The van der Waals surface area contributed by atoms with Gasteiger partial charge in [-0.1, -0.05) is 0 Å². The molecular formula is C11H20N4. The standard InChI is InChI=1S/C11H20N4/c1-10(3-2-4-12)15-8-7-14-6-5-13-11(14)9-15/h5-6,10H,2-4,7-9,12H2,1H3. The van der Waals surface area contributed by atoms with Crippen molar-refractivity contribution in [2.24, 2.45) is 5.73 Å². The zero-order valence-electron chi connectivity index (χ0n) is 9.39. The summed E-state index contributed by atoms with van der Waals surface area (Å²) in [7, 11) is 0. The Morgan fingerprint density at radius 1 is 1.53 bits per heavy atom. The molecular weight excluding hydrogens is 188 g/mol. The number of nitrogens with two attached hydrogens (primary N) is 1. The van der Waals surface area contributed by atoms with E-state index in [1.807, 2.05) is 6.20 Å². The third-order valence-corrected chi connectivity index (χ3v) is 3.22. The Morgan fingerprint density at radius 3 is 3.20 bits per heavy atom. The van der Waals surface area contributed by atoms with Crippen LogP contribution in [0.25, 0.3) is 0 Å². The summed E-state index contributed by atoms with van der Waals surface area (Å²) < 4.78 is 2.24. The van der Waals surface area contributed by atoms with Crippen LogP contribution in [0.5, 0.6) is 0 Å². The lowest BCUT2D eigenvalue weighted by molar-refractivity contribution is 0.154. The maximum absolute atomic E-state index is 5.53. The van der Waals surface area contributed by atoms with Crippen LogP contribution in [0.1, 0.15) is 25.6 Å². The SMILES string of the molecule is CC(CCCN)N1CCn2ccnc2C1. The summed E-state index contributed by atoms with van der Waals surface area (Å²) in [6, 6.07) is 0.624. The number of nitrogens with zero attached hydrogens (tertiary/aromatic N) is 3. The molecule has 15 heavy (non-hydrogen) atoms. The van der Waals surface area contributed by atoms with Gasteiger partial charge in [-0.05, 0) is 26.3 Å². The van der Waals surface area contributed by atoms with E-state index < -0.39 is 0 Å². The van der Waals surface area contributed by atoms with E-state index in [0.717, 1.165) is 32.6 Å². The van der Waals surface area contributed by atoms with Crippen molar-refractivity contribution in [1.82, 2.24) is 14.5 Å². The van der Waals surface area contributed by atoms with E-state index in [0.29, 0.717) is 6.04 Å². The minimum Gasteiger partial charge on any atom is -0.333 e. The summed E-state index contributed by atoms with van der Waals surface area (Å²) in [5.74, 6) is 1.20. The number of aromatic nitrogens is 2. The van der Waals surface area contributed by atoms with Gasteiger partial charge in [0.05, 0.1) is 6.54 Å². The molecule has 1 aromatic rings. The molecule has 0 radical (unpaired) electrons. The lowest BCUT2D eigenvalue weighted by Gasteiger charge is -2.32. The molecule has 1 unspecified atom stereocenters. The summed E-state index contributed by atoms with van der Waals surface area (Å²) in [5.41, 5.74) is 5.53. The van der Waals surface area contributed by atoms with Crippen molar-refractivity contribution in [2.45, 2.75) is 38.9 Å². The minimum atomic E-state index is 0.624. The fourth-order valence-corrected chi connectivity index (χ4v) is 2.16. The predicted molar refractivity (Wildman–Crippen MR) is 60.4 cm³/mol. The molecule has 0 bridgehead atoms. The monoisotopic (exact) mass is 208 g/mol. The van der Waals surface area contributed by atoms with Crippen molar-refractivity contribution in [3.8, 4) is 0 Å². The molecule has 1 aliphatic rings. The molecule has 1 atom stereocenters. The molecule has 4 nitrogen and oxygen atoms in total. The molecule has 0 aromatic carbocycles. The number of rotatable bonds is 4. The van der Waals surface area contributed by atoms with E-state index in [1.54, 1.807) is 0 Å². The fraction of sp³-hybridized carbons (Fsp3) is 0.727. The maximum atomic E-state index is 5.53. The first kappa shape index (κ1) is 10.6. The van der Waals surface area contributed by atoms with Gasteiger partial charge in [0.2, 0.25) is 0 Å². The van der Waals surface area contributed by atoms with Crippen molar-refractivity contribution in [1.29, 1.82) is 0 Å². The molecule has 0 saturated heterocycles. The zero-order valence-corrected chi connectivity index (χ0v) is 9.39. The molecule has 4 heteroatoms. The smallest absolute Gasteiger partial charge is 0.122 e. The molecule has 2 rings (SSSR count). The Kier molecular flexibility index (Phi) is 3.38. The van der Waals surface area contributed by atoms with Gasteiger partial charge in [0.25, 0.3) is 0 Å². The first-order valence-corrected chi connectivity index (χ1v) is 5.75. The lowest BCUT2D eigenvalue weighted by Crippen LogP contribution is -2.39.